The predicted octanol–water partition coefficient (Wildman–Crippen LogP) is 1.16. The zero-order valence-electron chi connectivity index (χ0n) is 6.79. The molecule has 0 unspecified atom stereocenters. The zero-order chi connectivity index (χ0) is 9.35. The lowest BCUT2D eigenvalue weighted by molar-refractivity contribution is -0.118. The van der Waals surface area contributed by atoms with Crippen molar-refractivity contribution in [2.75, 3.05) is 5.75 Å². The van der Waals surface area contributed by atoms with E-state index >= 15 is 0 Å². The molecule has 0 aromatic heterocycles. The average molecular weight is 302 g/mol. The van der Waals surface area contributed by atoms with E-state index in [0.717, 1.165) is 12.8 Å². The van der Waals surface area contributed by atoms with Gasteiger partial charge in [0.1, 0.15) is 0 Å². The fraction of sp³-hybridized carbons (Fsp3) is 0.857. The summed E-state index contributed by atoms with van der Waals surface area (Å²) in [6, 6.07) is 0. The smallest absolute Gasteiger partial charge is 0.171 e. The summed E-state index contributed by atoms with van der Waals surface area (Å²) in [5, 5.41) is 0. The molecule has 0 spiro atoms. The molecule has 0 N–H and O–H groups in total. The van der Waals surface area contributed by atoms with Crippen LogP contribution in [0.4, 0.5) is 0 Å². The molecule has 5 heteroatoms. The minimum Gasteiger partial charge on any atom is -0.297 e. The molecule has 1 aliphatic rings. The van der Waals surface area contributed by atoms with Crippen molar-refractivity contribution in [2.45, 2.75) is 23.0 Å². The maximum atomic E-state index is 11.3. The zero-order valence-corrected chi connectivity index (χ0v) is 9.76. The number of sulfone groups is 1. The Bertz CT molecular complexity index is 279. The minimum absolute atomic E-state index is 0.0354. The van der Waals surface area contributed by atoms with Gasteiger partial charge in [-0.25, -0.2) is 8.42 Å². The van der Waals surface area contributed by atoms with E-state index in [0.29, 0.717) is 0 Å². The molecule has 1 aliphatic carbocycles. The summed E-state index contributed by atoms with van der Waals surface area (Å²) in [6.07, 6.45) is 1.75. The van der Waals surface area contributed by atoms with Crippen LogP contribution in [0.3, 0.4) is 0 Å². The summed E-state index contributed by atoms with van der Waals surface area (Å²) in [5.41, 5.74) is 0. The Balaban J connectivity index is 2.69. The van der Waals surface area contributed by atoms with Crippen LogP contribution < -0.4 is 0 Å². The third-order valence-corrected chi connectivity index (χ3v) is 6.53. The Labute approximate surface area is 86.0 Å². The molecular formula is C7H11IO3S. The van der Waals surface area contributed by atoms with E-state index in [1.54, 1.807) is 29.5 Å². The number of carbonyl (C=O) groups excluding carboxylic acids is 1. The predicted molar refractivity (Wildman–Crippen MR) is 55.0 cm³/mol. The topological polar surface area (TPSA) is 51.2 Å². The van der Waals surface area contributed by atoms with Crippen molar-refractivity contribution in [3.05, 3.63) is 0 Å². The molecule has 0 aromatic rings. The Morgan fingerprint density at radius 2 is 2.08 bits per heavy atom. The number of hydrogen-bond donors (Lipinski definition) is 0. The van der Waals surface area contributed by atoms with Gasteiger partial charge in [0.15, 0.2) is 18.9 Å². The molecule has 3 nitrogen and oxygen atoms in total. The summed E-state index contributed by atoms with van der Waals surface area (Å²) in [5.74, 6) is -0.00956. The number of halogens is 1. The lowest BCUT2D eigenvalue weighted by Crippen LogP contribution is -2.26. The fourth-order valence-corrected chi connectivity index (χ4v) is 3.30. The van der Waals surface area contributed by atoms with Crippen molar-refractivity contribution in [3.8, 4) is 0 Å². The minimum atomic E-state index is -3.17. The van der Waals surface area contributed by atoms with E-state index in [1.807, 2.05) is 0 Å². The molecule has 1 rings (SSSR count). The van der Waals surface area contributed by atoms with Crippen molar-refractivity contribution < 1.29 is 13.2 Å². The fourth-order valence-electron chi connectivity index (χ4n) is 0.876. The third kappa shape index (κ3) is 2.18. The van der Waals surface area contributed by atoms with Crippen LogP contribution >= 0.6 is 22.6 Å². The van der Waals surface area contributed by atoms with Crippen LogP contribution in [-0.4, -0.2) is 23.2 Å². The van der Waals surface area contributed by atoms with Gasteiger partial charge in [0.25, 0.3) is 0 Å². The second-order valence-electron chi connectivity index (χ2n) is 2.94. The van der Waals surface area contributed by atoms with Gasteiger partial charge in [-0.05, 0) is 12.8 Å². The van der Waals surface area contributed by atoms with Gasteiger partial charge in [0.05, 0.1) is 0 Å². The van der Waals surface area contributed by atoms with E-state index in [-0.39, 0.29) is 17.5 Å². The number of ketones is 1. The van der Waals surface area contributed by atoms with Crippen molar-refractivity contribution in [2.24, 2.45) is 5.92 Å². The highest BCUT2D eigenvalue weighted by molar-refractivity contribution is 14.1. The van der Waals surface area contributed by atoms with E-state index in [4.69, 9.17) is 0 Å². The Kier molecular flexibility index (Phi) is 3.14. The molecule has 1 atom stereocenters. The van der Waals surface area contributed by atoms with Gasteiger partial charge >= 0.3 is 0 Å². The monoisotopic (exact) mass is 302 g/mol. The van der Waals surface area contributed by atoms with Crippen LogP contribution in [-0.2, 0) is 14.6 Å². The van der Waals surface area contributed by atoms with Crippen LogP contribution in [0.1, 0.15) is 19.8 Å². The summed E-state index contributed by atoms with van der Waals surface area (Å²) in [6.45, 7) is 1.57. The first-order valence-corrected chi connectivity index (χ1v) is 6.84. The standard InChI is InChI=1S/C7H11IO3S/c1-2-12(10,11)7(8)6(9)5-3-4-5/h5,7H,2-4H2,1H3/t7-/m1/s1. The van der Waals surface area contributed by atoms with Crippen molar-refractivity contribution >= 4 is 38.2 Å². The number of alkyl halides is 1. The molecular weight excluding hydrogens is 291 g/mol. The quantitative estimate of drug-likeness (QED) is 0.578. The van der Waals surface area contributed by atoms with Crippen molar-refractivity contribution in [1.29, 1.82) is 0 Å². The molecule has 1 saturated carbocycles. The van der Waals surface area contributed by atoms with Crippen LogP contribution in [0.25, 0.3) is 0 Å². The molecule has 0 radical (unpaired) electrons. The van der Waals surface area contributed by atoms with Gasteiger partial charge in [-0.3, -0.25) is 4.79 Å². The molecule has 12 heavy (non-hydrogen) atoms. The summed E-state index contributed by atoms with van der Waals surface area (Å²) in [7, 11) is -3.17. The maximum absolute atomic E-state index is 11.3. The summed E-state index contributed by atoms with van der Waals surface area (Å²) >= 11 is 1.73. The molecule has 0 heterocycles. The summed E-state index contributed by atoms with van der Waals surface area (Å²) in [4.78, 5) is 11.3. The van der Waals surface area contributed by atoms with Gasteiger partial charge in [-0.2, -0.15) is 0 Å². The molecule has 70 valence electrons. The van der Waals surface area contributed by atoms with E-state index in [2.05, 4.69) is 0 Å². The highest BCUT2D eigenvalue weighted by Crippen LogP contribution is 2.34. The number of rotatable bonds is 4. The van der Waals surface area contributed by atoms with Gasteiger partial charge < -0.3 is 0 Å². The van der Waals surface area contributed by atoms with E-state index < -0.39 is 13.1 Å². The Morgan fingerprint density at radius 3 is 2.42 bits per heavy atom. The van der Waals surface area contributed by atoms with Gasteiger partial charge in [0, 0.05) is 11.7 Å². The molecule has 0 bridgehead atoms. The molecule has 0 saturated heterocycles. The second kappa shape index (κ2) is 3.61. The number of Topliss-reactive ketones (excluding diaryl/α,β-unsaturated/α-hetero) is 1. The highest BCUT2D eigenvalue weighted by Gasteiger charge is 2.38. The van der Waals surface area contributed by atoms with Crippen LogP contribution in [0.5, 0.6) is 0 Å². The van der Waals surface area contributed by atoms with Crippen LogP contribution in [0.2, 0.25) is 0 Å². The maximum Gasteiger partial charge on any atom is 0.171 e. The van der Waals surface area contributed by atoms with E-state index in [9.17, 15) is 13.2 Å². The van der Waals surface area contributed by atoms with E-state index in [1.165, 1.54) is 0 Å². The van der Waals surface area contributed by atoms with Crippen LogP contribution in [0, 0.1) is 5.92 Å². The van der Waals surface area contributed by atoms with Gasteiger partial charge in [-0.15, -0.1) is 0 Å². The van der Waals surface area contributed by atoms with Crippen molar-refractivity contribution in [1.82, 2.24) is 0 Å². The summed E-state index contributed by atoms with van der Waals surface area (Å²) < 4.78 is 21.7. The van der Waals surface area contributed by atoms with Gasteiger partial charge in [0.2, 0.25) is 0 Å². The SMILES string of the molecule is CCS(=O)(=O)[C@@H](I)C(=O)C1CC1. The first-order chi connectivity index (χ1) is 5.49. The first-order valence-electron chi connectivity index (χ1n) is 3.88. The lowest BCUT2D eigenvalue weighted by atomic mass is 10.3. The number of carbonyl (C=O) groups is 1. The van der Waals surface area contributed by atoms with Crippen molar-refractivity contribution in [3.63, 3.8) is 0 Å². The van der Waals surface area contributed by atoms with Crippen LogP contribution in [0.15, 0.2) is 0 Å². The largest absolute Gasteiger partial charge is 0.297 e. The Hall–Kier alpha value is 0.350. The normalized spacial score (nSPS) is 20.5. The lowest BCUT2D eigenvalue weighted by Gasteiger charge is -2.06. The highest BCUT2D eigenvalue weighted by atomic mass is 127. The third-order valence-electron chi connectivity index (χ3n) is 1.92. The first kappa shape index (κ1) is 10.4. The van der Waals surface area contributed by atoms with Gasteiger partial charge in [-0.1, -0.05) is 29.5 Å². The molecule has 0 amide bonds. The number of hydrogen-bond acceptors (Lipinski definition) is 3. The second-order valence-corrected chi connectivity index (χ2v) is 7.41. The molecule has 0 aromatic carbocycles. The molecule has 0 aliphatic heterocycles. The molecule has 1 fully saturated rings. The average Bonchev–Trinajstić information content (AvgIpc) is 2.84. The Morgan fingerprint density at radius 1 is 1.58 bits per heavy atom.